The van der Waals surface area contributed by atoms with Crippen LogP contribution in [0.2, 0.25) is 0 Å². The van der Waals surface area contributed by atoms with Gasteiger partial charge in [0.1, 0.15) is 5.75 Å². The minimum absolute atomic E-state index is 0.0237. The van der Waals surface area contributed by atoms with E-state index in [1.807, 2.05) is 13.0 Å². The Balaban J connectivity index is 2.25. The lowest BCUT2D eigenvalue weighted by Crippen LogP contribution is -2.09. The predicted molar refractivity (Wildman–Crippen MR) is 67.4 cm³/mol. The Morgan fingerprint density at radius 2 is 1.75 bits per heavy atom. The lowest BCUT2D eigenvalue weighted by Gasteiger charge is -2.10. The van der Waals surface area contributed by atoms with E-state index in [2.05, 4.69) is 10.2 Å². The molecule has 0 bridgehead atoms. The Hall–Kier alpha value is -2.31. The highest BCUT2D eigenvalue weighted by Crippen LogP contribution is 2.30. The molecule has 20 heavy (non-hydrogen) atoms. The number of rotatable bonds is 2. The van der Waals surface area contributed by atoms with Gasteiger partial charge in [0.2, 0.25) is 5.88 Å². The highest BCUT2D eigenvalue weighted by molar-refractivity contribution is 5.54. The second kappa shape index (κ2) is 4.99. The zero-order chi connectivity index (χ0) is 14.9. The Kier molecular flexibility index (Phi) is 3.52. The average molecular weight is 283 g/mol. The molecular weight excluding hydrogens is 271 g/mol. The topological polar surface area (TPSA) is 61.0 Å². The first kappa shape index (κ1) is 14.1. The minimum atomic E-state index is -4.52. The van der Waals surface area contributed by atoms with Crippen LogP contribution in [-0.4, -0.2) is 10.2 Å². The summed E-state index contributed by atoms with van der Waals surface area (Å²) in [6.45, 7) is 3.66. The summed E-state index contributed by atoms with van der Waals surface area (Å²) >= 11 is 0. The number of aromatic nitrogens is 2. The molecule has 0 aliphatic heterocycles. The van der Waals surface area contributed by atoms with Crippen molar-refractivity contribution in [2.45, 2.75) is 20.0 Å². The molecule has 0 spiro atoms. The molecule has 2 N–H and O–H groups in total. The summed E-state index contributed by atoms with van der Waals surface area (Å²) < 4.78 is 42.4. The molecule has 2 aromatic rings. The third-order valence-electron chi connectivity index (χ3n) is 2.71. The van der Waals surface area contributed by atoms with Crippen LogP contribution in [0, 0.1) is 13.8 Å². The van der Waals surface area contributed by atoms with Crippen LogP contribution < -0.4 is 10.5 Å². The van der Waals surface area contributed by atoms with E-state index in [-0.39, 0.29) is 5.88 Å². The second-order valence-electron chi connectivity index (χ2n) is 4.33. The monoisotopic (exact) mass is 283 g/mol. The van der Waals surface area contributed by atoms with Gasteiger partial charge in [-0.15, -0.1) is 10.2 Å². The van der Waals surface area contributed by atoms with Gasteiger partial charge in [-0.1, -0.05) is 6.07 Å². The standard InChI is InChI=1S/C13H12F3N3O/c1-7-5-8(2)10(6-9(7)17)20-12-4-3-11(18-19-12)13(14,15)16/h3-6H,17H2,1-2H3. The molecule has 0 radical (unpaired) electrons. The van der Waals surface area contributed by atoms with Crippen LogP contribution in [0.1, 0.15) is 16.8 Å². The number of nitrogens with zero attached hydrogens (tertiary/aromatic N) is 2. The Morgan fingerprint density at radius 3 is 2.30 bits per heavy atom. The summed E-state index contributed by atoms with van der Waals surface area (Å²) in [5.74, 6) is 0.409. The fourth-order valence-corrected chi connectivity index (χ4v) is 1.60. The van der Waals surface area contributed by atoms with Gasteiger partial charge in [-0.25, -0.2) is 0 Å². The van der Waals surface area contributed by atoms with Crippen LogP contribution in [0.25, 0.3) is 0 Å². The van der Waals surface area contributed by atoms with Crippen molar-refractivity contribution >= 4 is 5.69 Å². The molecule has 7 heteroatoms. The van der Waals surface area contributed by atoms with E-state index in [9.17, 15) is 13.2 Å². The average Bonchev–Trinajstić information content (AvgIpc) is 2.35. The maximum absolute atomic E-state index is 12.3. The molecule has 4 nitrogen and oxygen atoms in total. The quantitative estimate of drug-likeness (QED) is 0.857. The van der Waals surface area contributed by atoms with Crippen molar-refractivity contribution in [3.63, 3.8) is 0 Å². The maximum atomic E-state index is 12.3. The molecule has 1 heterocycles. The van der Waals surface area contributed by atoms with E-state index in [0.717, 1.165) is 23.3 Å². The van der Waals surface area contributed by atoms with Gasteiger partial charge in [-0.2, -0.15) is 13.2 Å². The number of aryl methyl sites for hydroxylation is 2. The molecule has 2 rings (SSSR count). The summed E-state index contributed by atoms with van der Waals surface area (Å²) in [5.41, 5.74) is 6.93. The number of hydrogen-bond donors (Lipinski definition) is 1. The molecule has 1 aromatic heterocycles. The summed E-state index contributed by atoms with van der Waals surface area (Å²) in [4.78, 5) is 0. The zero-order valence-corrected chi connectivity index (χ0v) is 10.8. The van der Waals surface area contributed by atoms with Crippen molar-refractivity contribution in [3.05, 3.63) is 41.1 Å². The third kappa shape index (κ3) is 2.98. The van der Waals surface area contributed by atoms with E-state index in [1.54, 1.807) is 13.0 Å². The van der Waals surface area contributed by atoms with Crippen LogP contribution in [0.5, 0.6) is 11.6 Å². The highest BCUT2D eigenvalue weighted by Gasteiger charge is 2.33. The molecular formula is C13H12F3N3O. The first-order chi connectivity index (χ1) is 9.27. The van der Waals surface area contributed by atoms with Gasteiger partial charge in [-0.05, 0) is 31.0 Å². The van der Waals surface area contributed by atoms with E-state index in [1.165, 1.54) is 0 Å². The van der Waals surface area contributed by atoms with E-state index in [4.69, 9.17) is 10.5 Å². The molecule has 0 atom stereocenters. The molecule has 0 unspecified atom stereocenters. The van der Waals surface area contributed by atoms with Gasteiger partial charge in [0.25, 0.3) is 0 Å². The first-order valence-corrected chi connectivity index (χ1v) is 5.73. The number of alkyl halides is 3. The molecule has 0 amide bonds. The molecule has 0 fully saturated rings. The molecule has 106 valence electrons. The molecule has 0 saturated carbocycles. The predicted octanol–water partition coefficient (Wildman–Crippen LogP) is 3.49. The second-order valence-corrected chi connectivity index (χ2v) is 4.33. The van der Waals surface area contributed by atoms with Crippen LogP contribution in [0.3, 0.4) is 0 Å². The number of anilines is 1. The van der Waals surface area contributed by atoms with Gasteiger partial charge in [0.15, 0.2) is 5.69 Å². The van der Waals surface area contributed by atoms with Gasteiger partial charge >= 0.3 is 6.18 Å². The van der Waals surface area contributed by atoms with Gasteiger partial charge in [-0.3, -0.25) is 0 Å². The number of hydrogen-bond acceptors (Lipinski definition) is 4. The summed E-state index contributed by atoms with van der Waals surface area (Å²) in [6, 6.07) is 5.35. The lowest BCUT2D eigenvalue weighted by atomic mass is 10.1. The van der Waals surface area contributed by atoms with Crippen molar-refractivity contribution < 1.29 is 17.9 Å². The number of halogens is 3. The first-order valence-electron chi connectivity index (χ1n) is 5.73. The van der Waals surface area contributed by atoms with Gasteiger partial charge in [0, 0.05) is 17.8 Å². The number of ether oxygens (including phenoxy) is 1. The lowest BCUT2D eigenvalue weighted by molar-refractivity contribution is -0.141. The van der Waals surface area contributed by atoms with Crippen LogP contribution in [0.4, 0.5) is 18.9 Å². The van der Waals surface area contributed by atoms with Crippen molar-refractivity contribution in [1.82, 2.24) is 10.2 Å². The largest absolute Gasteiger partial charge is 0.437 e. The normalized spacial score (nSPS) is 11.4. The SMILES string of the molecule is Cc1cc(C)c(Oc2ccc(C(F)(F)F)nn2)cc1N. The Bertz CT molecular complexity index is 624. The fourth-order valence-electron chi connectivity index (χ4n) is 1.60. The molecule has 0 saturated heterocycles. The van der Waals surface area contributed by atoms with Crippen LogP contribution in [-0.2, 0) is 6.18 Å². The molecule has 0 aliphatic rings. The summed E-state index contributed by atoms with van der Waals surface area (Å²) in [6.07, 6.45) is -4.52. The van der Waals surface area contributed by atoms with Crippen molar-refractivity contribution in [2.75, 3.05) is 5.73 Å². The minimum Gasteiger partial charge on any atom is -0.437 e. The van der Waals surface area contributed by atoms with Crippen LogP contribution in [0.15, 0.2) is 24.3 Å². The van der Waals surface area contributed by atoms with Gasteiger partial charge in [0.05, 0.1) is 0 Å². The van der Waals surface area contributed by atoms with Gasteiger partial charge < -0.3 is 10.5 Å². The summed E-state index contributed by atoms with van der Waals surface area (Å²) in [5, 5.41) is 6.49. The summed E-state index contributed by atoms with van der Waals surface area (Å²) in [7, 11) is 0. The number of nitrogen functional groups attached to an aromatic ring is 1. The maximum Gasteiger partial charge on any atom is 0.435 e. The fraction of sp³-hybridized carbons (Fsp3) is 0.231. The van der Waals surface area contributed by atoms with Crippen molar-refractivity contribution in [1.29, 1.82) is 0 Å². The Labute approximate surface area is 113 Å². The van der Waals surface area contributed by atoms with E-state index < -0.39 is 11.9 Å². The zero-order valence-electron chi connectivity index (χ0n) is 10.8. The smallest absolute Gasteiger partial charge is 0.435 e. The molecule has 1 aromatic carbocycles. The van der Waals surface area contributed by atoms with E-state index in [0.29, 0.717) is 11.4 Å². The number of benzene rings is 1. The third-order valence-corrected chi connectivity index (χ3v) is 2.71. The van der Waals surface area contributed by atoms with E-state index >= 15 is 0 Å². The number of nitrogens with two attached hydrogens (primary N) is 1. The highest BCUT2D eigenvalue weighted by atomic mass is 19.4. The molecule has 0 aliphatic carbocycles. The van der Waals surface area contributed by atoms with Crippen LogP contribution >= 0.6 is 0 Å². The Morgan fingerprint density at radius 1 is 1.05 bits per heavy atom. The van der Waals surface area contributed by atoms with Crippen molar-refractivity contribution in [2.24, 2.45) is 0 Å². The van der Waals surface area contributed by atoms with Crippen molar-refractivity contribution in [3.8, 4) is 11.6 Å².